The highest BCUT2D eigenvalue weighted by molar-refractivity contribution is 9.10. The van der Waals surface area contributed by atoms with Gasteiger partial charge in [-0.05, 0) is 55.6 Å². The van der Waals surface area contributed by atoms with Gasteiger partial charge in [-0.15, -0.1) is 0 Å². The number of halogens is 1. The topological polar surface area (TPSA) is 38.3 Å². The Kier molecular flexibility index (Phi) is 5.40. The quantitative estimate of drug-likeness (QED) is 0.873. The van der Waals surface area contributed by atoms with Gasteiger partial charge in [0.05, 0.1) is 7.11 Å². The molecule has 1 aromatic rings. The Balaban J connectivity index is 1.87. The van der Waals surface area contributed by atoms with Crippen molar-refractivity contribution < 1.29 is 9.53 Å². The second-order valence-corrected chi connectivity index (χ2v) is 5.92. The number of carbonyl (C=O) groups is 1. The molecule has 1 aliphatic heterocycles. The fraction of sp³-hybridized carbons (Fsp3) is 0.533. The average molecular weight is 326 g/mol. The molecule has 0 radical (unpaired) electrons. The third-order valence-corrected chi connectivity index (χ3v) is 4.41. The Morgan fingerprint density at radius 1 is 1.53 bits per heavy atom. The highest BCUT2D eigenvalue weighted by atomic mass is 79.9. The van der Waals surface area contributed by atoms with Gasteiger partial charge in [0.1, 0.15) is 11.5 Å². The summed E-state index contributed by atoms with van der Waals surface area (Å²) >= 11 is 3.49. The average Bonchev–Trinajstić information content (AvgIpc) is 2.92. The standard InChI is InChI=1S/C15H20BrNO2/c1-19-14-4-5-15(16)12(9-14)8-13(18)3-2-11-6-7-17-10-11/h4-5,9,11,17H,2-3,6-8,10H2,1H3. The van der Waals surface area contributed by atoms with Gasteiger partial charge < -0.3 is 10.1 Å². The van der Waals surface area contributed by atoms with E-state index < -0.39 is 0 Å². The molecule has 1 aliphatic rings. The van der Waals surface area contributed by atoms with Crippen molar-refractivity contribution in [1.82, 2.24) is 5.32 Å². The van der Waals surface area contributed by atoms with E-state index in [2.05, 4.69) is 21.2 Å². The summed E-state index contributed by atoms with van der Waals surface area (Å²) in [5, 5.41) is 3.33. The molecule has 4 heteroatoms. The fourth-order valence-corrected chi connectivity index (χ4v) is 2.83. The van der Waals surface area contributed by atoms with E-state index in [1.807, 2.05) is 18.2 Å². The Labute approximate surface area is 122 Å². The van der Waals surface area contributed by atoms with Crippen LogP contribution in [0.3, 0.4) is 0 Å². The molecule has 1 fully saturated rings. The van der Waals surface area contributed by atoms with E-state index in [1.165, 1.54) is 6.42 Å². The van der Waals surface area contributed by atoms with Crippen molar-refractivity contribution in [2.24, 2.45) is 5.92 Å². The van der Waals surface area contributed by atoms with Gasteiger partial charge in [-0.3, -0.25) is 4.79 Å². The van der Waals surface area contributed by atoms with E-state index in [9.17, 15) is 4.79 Å². The van der Waals surface area contributed by atoms with Crippen molar-refractivity contribution in [3.63, 3.8) is 0 Å². The molecule has 0 spiro atoms. The molecule has 19 heavy (non-hydrogen) atoms. The molecule has 1 saturated heterocycles. The number of hydrogen-bond acceptors (Lipinski definition) is 3. The van der Waals surface area contributed by atoms with Crippen molar-refractivity contribution >= 4 is 21.7 Å². The van der Waals surface area contributed by atoms with Crippen molar-refractivity contribution in [2.75, 3.05) is 20.2 Å². The summed E-state index contributed by atoms with van der Waals surface area (Å²) in [7, 11) is 1.64. The van der Waals surface area contributed by atoms with Crippen LogP contribution in [0.1, 0.15) is 24.8 Å². The maximum Gasteiger partial charge on any atom is 0.137 e. The predicted octanol–water partition coefficient (Wildman–Crippen LogP) is 2.96. The molecule has 0 aromatic heterocycles. The number of rotatable bonds is 6. The van der Waals surface area contributed by atoms with E-state index >= 15 is 0 Å². The molecule has 1 aromatic carbocycles. The first kappa shape index (κ1) is 14.5. The molecule has 1 unspecified atom stereocenters. The molecule has 1 atom stereocenters. The minimum atomic E-state index is 0.306. The lowest BCUT2D eigenvalue weighted by atomic mass is 9.98. The van der Waals surface area contributed by atoms with Crippen LogP contribution in [0.5, 0.6) is 5.75 Å². The van der Waals surface area contributed by atoms with Crippen LogP contribution in [-0.2, 0) is 11.2 Å². The number of Topliss-reactive ketones (excluding diaryl/α,β-unsaturated/α-hetero) is 1. The van der Waals surface area contributed by atoms with Crippen molar-refractivity contribution in [1.29, 1.82) is 0 Å². The number of hydrogen-bond donors (Lipinski definition) is 1. The van der Waals surface area contributed by atoms with Gasteiger partial charge in [0, 0.05) is 17.3 Å². The number of ether oxygens (including phenoxy) is 1. The number of carbonyl (C=O) groups excluding carboxylic acids is 1. The van der Waals surface area contributed by atoms with Gasteiger partial charge in [0.15, 0.2) is 0 Å². The van der Waals surface area contributed by atoms with Crippen LogP contribution in [0, 0.1) is 5.92 Å². The van der Waals surface area contributed by atoms with Crippen molar-refractivity contribution in [2.45, 2.75) is 25.7 Å². The molecule has 1 heterocycles. The minimum absolute atomic E-state index is 0.306. The largest absolute Gasteiger partial charge is 0.497 e. The van der Waals surface area contributed by atoms with Crippen LogP contribution in [0.2, 0.25) is 0 Å². The first-order valence-electron chi connectivity index (χ1n) is 6.74. The van der Waals surface area contributed by atoms with Gasteiger partial charge in [-0.25, -0.2) is 0 Å². The van der Waals surface area contributed by atoms with E-state index in [0.717, 1.165) is 35.3 Å². The lowest BCUT2D eigenvalue weighted by Gasteiger charge is -2.09. The van der Waals surface area contributed by atoms with Crippen LogP contribution >= 0.6 is 15.9 Å². The second kappa shape index (κ2) is 7.06. The Morgan fingerprint density at radius 3 is 3.05 bits per heavy atom. The van der Waals surface area contributed by atoms with Crippen molar-refractivity contribution in [3.8, 4) is 5.75 Å². The first-order chi connectivity index (χ1) is 9.19. The van der Waals surface area contributed by atoms with Gasteiger partial charge in [0.25, 0.3) is 0 Å². The maximum atomic E-state index is 12.0. The highest BCUT2D eigenvalue weighted by Crippen LogP contribution is 2.24. The number of nitrogens with one attached hydrogen (secondary N) is 1. The minimum Gasteiger partial charge on any atom is -0.497 e. The summed E-state index contributed by atoms with van der Waals surface area (Å²) in [4.78, 5) is 12.0. The molecule has 3 nitrogen and oxygen atoms in total. The van der Waals surface area contributed by atoms with E-state index in [1.54, 1.807) is 7.11 Å². The summed E-state index contributed by atoms with van der Waals surface area (Å²) in [6, 6.07) is 5.75. The molecule has 0 bridgehead atoms. The lowest BCUT2D eigenvalue weighted by molar-refractivity contribution is -0.118. The van der Waals surface area contributed by atoms with Crippen LogP contribution in [-0.4, -0.2) is 26.0 Å². The molecule has 0 amide bonds. The summed E-state index contributed by atoms with van der Waals surface area (Å²) in [5.41, 5.74) is 1.01. The Hall–Kier alpha value is -0.870. The summed E-state index contributed by atoms with van der Waals surface area (Å²) in [6.07, 6.45) is 3.37. The predicted molar refractivity (Wildman–Crippen MR) is 79.6 cm³/mol. The molecular formula is C15H20BrNO2. The summed E-state index contributed by atoms with van der Waals surface area (Å²) in [6.45, 7) is 2.16. The zero-order valence-corrected chi connectivity index (χ0v) is 12.8. The first-order valence-corrected chi connectivity index (χ1v) is 7.53. The summed E-state index contributed by atoms with van der Waals surface area (Å²) in [5.74, 6) is 1.78. The normalized spacial score (nSPS) is 18.5. The van der Waals surface area contributed by atoms with Gasteiger partial charge in [-0.1, -0.05) is 15.9 Å². The van der Waals surface area contributed by atoms with Crippen LogP contribution in [0.15, 0.2) is 22.7 Å². The highest BCUT2D eigenvalue weighted by Gasteiger charge is 2.16. The smallest absolute Gasteiger partial charge is 0.137 e. The Bertz CT molecular complexity index is 442. The number of methoxy groups -OCH3 is 1. The van der Waals surface area contributed by atoms with Crippen LogP contribution in [0.4, 0.5) is 0 Å². The second-order valence-electron chi connectivity index (χ2n) is 5.07. The number of benzene rings is 1. The van der Waals surface area contributed by atoms with Crippen molar-refractivity contribution in [3.05, 3.63) is 28.2 Å². The summed E-state index contributed by atoms with van der Waals surface area (Å²) < 4.78 is 6.17. The van der Waals surface area contributed by atoms with Gasteiger partial charge >= 0.3 is 0 Å². The molecule has 104 valence electrons. The third kappa shape index (κ3) is 4.32. The SMILES string of the molecule is COc1ccc(Br)c(CC(=O)CCC2CCNC2)c1. The van der Waals surface area contributed by atoms with Gasteiger partial charge in [0.2, 0.25) is 0 Å². The zero-order valence-electron chi connectivity index (χ0n) is 11.2. The third-order valence-electron chi connectivity index (χ3n) is 3.63. The molecule has 1 N–H and O–H groups in total. The number of ketones is 1. The molecular weight excluding hydrogens is 306 g/mol. The fourth-order valence-electron chi connectivity index (χ4n) is 2.44. The molecule has 2 rings (SSSR count). The lowest BCUT2D eigenvalue weighted by Crippen LogP contribution is -2.11. The van der Waals surface area contributed by atoms with Gasteiger partial charge in [-0.2, -0.15) is 0 Å². The maximum absolute atomic E-state index is 12.0. The zero-order chi connectivity index (χ0) is 13.7. The van der Waals surface area contributed by atoms with E-state index in [4.69, 9.17) is 4.74 Å². The Morgan fingerprint density at radius 2 is 2.37 bits per heavy atom. The van der Waals surface area contributed by atoms with E-state index in [-0.39, 0.29) is 0 Å². The van der Waals surface area contributed by atoms with Crippen LogP contribution in [0.25, 0.3) is 0 Å². The molecule has 0 aliphatic carbocycles. The molecule has 0 saturated carbocycles. The van der Waals surface area contributed by atoms with E-state index in [0.29, 0.717) is 24.5 Å². The monoisotopic (exact) mass is 325 g/mol. The van der Waals surface area contributed by atoms with Crippen LogP contribution < -0.4 is 10.1 Å².